The average molecular weight is 407 g/mol. The maximum absolute atomic E-state index is 13.1. The molecule has 0 aliphatic carbocycles. The average Bonchev–Trinajstić information content (AvgIpc) is 3.37. The molecule has 0 saturated heterocycles. The lowest BCUT2D eigenvalue weighted by Crippen LogP contribution is -2.41. The number of amides is 1. The van der Waals surface area contributed by atoms with Crippen molar-refractivity contribution in [1.82, 2.24) is 14.5 Å². The SMILES string of the molecule is O=C(Cc1ccc(-n2cccc2)cc1)N(Cc1ccncc1)C1C=CS(=O)(=O)C1. The van der Waals surface area contributed by atoms with E-state index in [0.717, 1.165) is 16.8 Å². The fourth-order valence-corrected chi connectivity index (χ4v) is 4.70. The Balaban J connectivity index is 1.52. The molecular weight excluding hydrogens is 386 g/mol. The summed E-state index contributed by atoms with van der Waals surface area (Å²) in [4.78, 5) is 18.7. The summed E-state index contributed by atoms with van der Waals surface area (Å²) in [5.74, 6) is -0.182. The van der Waals surface area contributed by atoms with Crippen molar-refractivity contribution in [3.63, 3.8) is 0 Å². The number of hydrogen-bond donors (Lipinski definition) is 0. The van der Waals surface area contributed by atoms with Crippen LogP contribution in [0.4, 0.5) is 0 Å². The van der Waals surface area contributed by atoms with Crippen molar-refractivity contribution >= 4 is 15.7 Å². The van der Waals surface area contributed by atoms with Crippen LogP contribution in [0.5, 0.6) is 0 Å². The molecule has 0 radical (unpaired) electrons. The third-order valence-electron chi connectivity index (χ3n) is 4.93. The van der Waals surface area contributed by atoms with E-state index < -0.39 is 15.9 Å². The van der Waals surface area contributed by atoms with Crippen LogP contribution in [0.1, 0.15) is 11.1 Å². The highest BCUT2D eigenvalue weighted by atomic mass is 32.2. The van der Waals surface area contributed by atoms with Crippen LogP contribution in [0.2, 0.25) is 0 Å². The van der Waals surface area contributed by atoms with Crippen LogP contribution in [0.15, 0.2) is 84.8 Å². The van der Waals surface area contributed by atoms with Crippen LogP contribution in [0, 0.1) is 0 Å². The van der Waals surface area contributed by atoms with E-state index in [1.807, 2.05) is 65.5 Å². The molecular formula is C22H21N3O3S. The topological polar surface area (TPSA) is 72.3 Å². The number of pyridine rings is 1. The summed E-state index contributed by atoms with van der Waals surface area (Å²) < 4.78 is 25.8. The van der Waals surface area contributed by atoms with Crippen molar-refractivity contribution in [3.8, 4) is 5.69 Å². The van der Waals surface area contributed by atoms with Gasteiger partial charge in [-0.25, -0.2) is 8.42 Å². The third-order valence-corrected chi connectivity index (χ3v) is 6.31. The van der Waals surface area contributed by atoms with E-state index in [1.54, 1.807) is 23.4 Å². The first kappa shape index (κ1) is 19.1. The van der Waals surface area contributed by atoms with E-state index in [2.05, 4.69) is 4.98 Å². The second kappa shape index (κ2) is 8.05. The van der Waals surface area contributed by atoms with E-state index in [-0.39, 0.29) is 18.1 Å². The summed E-state index contributed by atoms with van der Waals surface area (Å²) in [5, 5.41) is 1.20. The molecule has 0 N–H and O–H groups in total. The second-order valence-corrected chi connectivity index (χ2v) is 8.97. The van der Waals surface area contributed by atoms with Crippen LogP contribution in [0.25, 0.3) is 5.69 Å². The molecule has 0 bridgehead atoms. The number of carbonyl (C=O) groups excluding carboxylic acids is 1. The highest BCUT2D eigenvalue weighted by Crippen LogP contribution is 2.19. The highest BCUT2D eigenvalue weighted by molar-refractivity contribution is 7.94. The van der Waals surface area contributed by atoms with Gasteiger partial charge in [0.05, 0.1) is 18.2 Å². The molecule has 2 aromatic heterocycles. The first-order valence-electron chi connectivity index (χ1n) is 9.32. The maximum Gasteiger partial charge on any atom is 0.227 e. The Morgan fingerprint density at radius 3 is 2.34 bits per heavy atom. The van der Waals surface area contributed by atoms with Crippen LogP contribution in [-0.2, 0) is 27.6 Å². The van der Waals surface area contributed by atoms with Crippen LogP contribution in [0.3, 0.4) is 0 Å². The molecule has 1 aliphatic rings. The molecule has 0 spiro atoms. The van der Waals surface area contributed by atoms with E-state index in [9.17, 15) is 13.2 Å². The minimum absolute atomic E-state index is 0.0730. The van der Waals surface area contributed by atoms with Crippen molar-refractivity contribution < 1.29 is 13.2 Å². The smallest absolute Gasteiger partial charge is 0.227 e. The standard InChI is InChI=1S/C22H21N3O3S/c26-22(15-18-3-5-20(6-4-18)24-12-1-2-13-24)25(16-19-7-10-23-11-8-19)21-9-14-29(27,28)17-21/h1-14,21H,15-17H2. The van der Waals surface area contributed by atoms with E-state index in [1.165, 1.54) is 5.41 Å². The second-order valence-electron chi connectivity index (χ2n) is 7.04. The number of nitrogens with zero attached hydrogens (tertiary/aromatic N) is 3. The largest absolute Gasteiger partial charge is 0.331 e. The summed E-state index contributed by atoms with van der Waals surface area (Å²) in [5.41, 5.74) is 2.81. The van der Waals surface area contributed by atoms with Crippen molar-refractivity contribution in [2.45, 2.75) is 19.0 Å². The van der Waals surface area contributed by atoms with Crippen LogP contribution < -0.4 is 0 Å². The summed E-state index contributed by atoms with van der Waals surface area (Å²) in [6, 6.07) is 14.9. The normalized spacial score (nSPS) is 17.3. The van der Waals surface area contributed by atoms with Gasteiger partial charge in [-0.1, -0.05) is 12.1 Å². The summed E-state index contributed by atoms with van der Waals surface area (Å²) in [6.45, 7) is 0.341. The quantitative estimate of drug-likeness (QED) is 0.630. The van der Waals surface area contributed by atoms with Crippen LogP contribution >= 0.6 is 0 Å². The Morgan fingerprint density at radius 1 is 1.03 bits per heavy atom. The lowest BCUT2D eigenvalue weighted by molar-refractivity contribution is -0.132. The molecule has 6 nitrogen and oxygen atoms in total. The Labute approximate surface area is 170 Å². The molecule has 0 saturated carbocycles. The number of hydrogen-bond acceptors (Lipinski definition) is 4. The fraction of sp³-hybridized carbons (Fsp3) is 0.182. The highest BCUT2D eigenvalue weighted by Gasteiger charge is 2.30. The molecule has 1 atom stereocenters. The molecule has 7 heteroatoms. The van der Waals surface area contributed by atoms with Gasteiger partial charge >= 0.3 is 0 Å². The zero-order valence-corrected chi connectivity index (χ0v) is 16.6. The third kappa shape index (κ3) is 4.63. The summed E-state index contributed by atoms with van der Waals surface area (Å²) in [6.07, 6.45) is 9.07. The first-order chi connectivity index (χ1) is 14.0. The Bertz CT molecular complexity index is 1110. The van der Waals surface area contributed by atoms with Gasteiger partial charge in [-0.15, -0.1) is 0 Å². The lowest BCUT2D eigenvalue weighted by atomic mass is 10.1. The van der Waals surface area contributed by atoms with Gasteiger partial charge in [-0.2, -0.15) is 0 Å². The van der Waals surface area contributed by atoms with Crippen molar-refractivity contribution in [2.75, 3.05) is 5.75 Å². The number of rotatable bonds is 6. The zero-order valence-electron chi connectivity index (χ0n) is 15.8. The Hall–Kier alpha value is -3.19. The van der Waals surface area contributed by atoms with Gasteiger partial charge in [0.25, 0.3) is 0 Å². The zero-order chi connectivity index (χ0) is 20.3. The predicted octanol–water partition coefficient (Wildman–Crippen LogP) is 2.75. The minimum Gasteiger partial charge on any atom is -0.331 e. The molecule has 1 aliphatic heterocycles. The van der Waals surface area contributed by atoms with Gasteiger partial charge in [-0.3, -0.25) is 9.78 Å². The first-order valence-corrected chi connectivity index (χ1v) is 11.0. The minimum atomic E-state index is -3.26. The van der Waals surface area contributed by atoms with Crippen molar-refractivity contribution in [1.29, 1.82) is 0 Å². The number of aromatic nitrogens is 2. The number of benzene rings is 1. The molecule has 148 valence electrons. The van der Waals surface area contributed by atoms with E-state index in [4.69, 9.17) is 0 Å². The predicted molar refractivity (Wildman–Crippen MR) is 111 cm³/mol. The number of sulfone groups is 1. The molecule has 1 unspecified atom stereocenters. The van der Waals surface area contributed by atoms with Gasteiger partial charge in [0.1, 0.15) is 0 Å². The molecule has 3 heterocycles. The molecule has 0 fully saturated rings. The number of carbonyl (C=O) groups is 1. The van der Waals surface area contributed by atoms with E-state index >= 15 is 0 Å². The van der Waals surface area contributed by atoms with E-state index in [0.29, 0.717) is 6.54 Å². The lowest BCUT2D eigenvalue weighted by Gasteiger charge is -2.28. The molecule has 1 aromatic carbocycles. The molecule has 1 amide bonds. The van der Waals surface area contributed by atoms with Crippen molar-refractivity contribution in [2.24, 2.45) is 0 Å². The Morgan fingerprint density at radius 2 is 1.72 bits per heavy atom. The van der Waals surface area contributed by atoms with Gasteiger partial charge in [0, 0.05) is 42.4 Å². The fourth-order valence-electron chi connectivity index (χ4n) is 3.40. The van der Waals surface area contributed by atoms with Crippen LogP contribution in [-0.4, -0.2) is 40.6 Å². The summed E-state index contributed by atoms with van der Waals surface area (Å²) >= 11 is 0. The monoisotopic (exact) mass is 407 g/mol. The Kier molecular flexibility index (Phi) is 5.31. The maximum atomic E-state index is 13.1. The molecule has 29 heavy (non-hydrogen) atoms. The molecule has 3 aromatic rings. The van der Waals surface area contributed by atoms with Gasteiger partial charge < -0.3 is 9.47 Å². The van der Waals surface area contributed by atoms with Gasteiger partial charge in [0.2, 0.25) is 5.91 Å². The molecule has 4 rings (SSSR count). The van der Waals surface area contributed by atoms with Gasteiger partial charge in [0.15, 0.2) is 9.84 Å². The summed E-state index contributed by atoms with van der Waals surface area (Å²) in [7, 11) is -3.26. The van der Waals surface area contributed by atoms with Crippen molar-refractivity contribution in [3.05, 3.63) is 95.9 Å². The van der Waals surface area contributed by atoms with Gasteiger partial charge in [-0.05, 0) is 53.6 Å².